The van der Waals surface area contributed by atoms with Crippen LogP contribution in [0.2, 0.25) is 5.02 Å². The first kappa shape index (κ1) is 12.5. The van der Waals surface area contributed by atoms with Gasteiger partial charge in [0.2, 0.25) is 5.95 Å². The maximum Gasteiger partial charge on any atom is 0.225 e. The van der Waals surface area contributed by atoms with Gasteiger partial charge < -0.3 is 10.2 Å². The van der Waals surface area contributed by atoms with Gasteiger partial charge in [0.15, 0.2) is 0 Å². The quantitative estimate of drug-likeness (QED) is 0.815. The van der Waals surface area contributed by atoms with Crippen LogP contribution in [0.4, 0.5) is 5.95 Å². The first-order valence-corrected chi connectivity index (χ1v) is 5.09. The van der Waals surface area contributed by atoms with Gasteiger partial charge in [0.25, 0.3) is 0 Å². The normalized spacial score (nSPS) is 20.9. The summed E-state index contributed by atoms with van der Waals surface area (Å²) in [4.78, 5) is 10.5. The summed E-state index contributed by atoms with van der Waals surface area (Å²) in [7, 11) is 0. The van der Waals surface area contributed by atoms with Crippen molar-refractivity contribution >= 4 is 30.0 Å². The number of aromatic nitrogens is 2. The lowest BCUT2D eigenvalue weighted by Gasteiger charge is -2.31. The number of anilines is 1. The zero-order valence-electron chi connectivity index (χ0n) is 8.48. The fourth-order valence-electron chi connectivity index (χ4n) is 1.58. The van der Waals surface area contributed by atoms with E-state index in [-0.39, 0.29) is 12.4 Å². The standard InChI is InChI=1S/C9H13ClN4.ClH/c1-7-6-14(3-2-11-7)9-12-4-8(10)5-13-9;/h4-5,7,11H,2-3,6H2,1H3;1H. The second-order valence-corrected chi connectivity index (χ2v) is 3.94. The van der Waals surface area contributed by atoms with Crippen LogP contribution >= 0.6 is 24.0 Å². The van der Waals surface area contributed by atoms with Gasteiger partial charge in [-0.05, 0) is 6.92 Å². The number of hydrogen-bond donors (Lipinski definition) is 1. The molecule has 0 amide bonds. The van der Waals surface area contributed by atoms with E-state index in [1.807, 2.05) is 0 Å². The molecule has 0 saturated carbocycles. The Kier molecular flexibility index (Phi) is 4.57. The summed E-state index contributed by atoms with van der Waals surface area (Å²) >= 11 is 5.72. The Balaban J connectivity index is 0.00000112. The number of hydrogen-bond acceptors (Lipinski definition) is 4. The minimum Gasteiger partial charge on any atom is -0.338 e. The number of piperazine rings is 1. The van der Waals surface area contributed by atoms with Crippen molar-refractivity contribution in [3.63, 3.8) is 0 Å². The second-order valence-electron chi connectivity index (χ2n) is 3.50. The van der Waals surface area contributed by atoms with Crippen LogP contribution in [0.5, 0.6) is 0 Å². The Morgan fingerprint density at radius 2 is 2.13 bits per heavy atom. The Morgan fingerprint density at radius 1 is 1.47 bits per heavy atom. The minimum absolute atomic E-state index is 0. The first-order chi connectivity index (χ1) is 6.75. The SMILES string of the molecule is CC1CN(c2ncc(Cl)cn2)CCN1.Cl. The second kappa shape index (κ2) is 5.49. The molecule has 1 unspecified atom stereocenters. The molecular weight excluding hydrogens is 235 g/mol. The topological polar surface area (TPSA) is 41.1 Å². The molecule has 1 saturated heterocycles. The summed E-state index contributed by atoms with van der Waals surface area (Å²) in [6.45, 7) is 5.03. The van der Waals surface area contributed by atoms with Crippen molar-refractivity contribution in [2.45, 2.75) is 13.0 Å². The van der Waals surface area contributed by atoms with Crippen LogP contribution in [0.15, 0.2) is 12.4 Å². The third-order valence-electron chi connectivity index (χ3n) is 2.26. The molecule has 84 valence electrons. The molecule has 1 aromatic heterocycles. The summed E-state index contributed by atoms with van der Waals surface area (Å²) in [5.74, 6) is 0.766. The molecule has 1 aromatic rings. The van der Waals surface area contributed by atoms with Crippen LogP contribution in [0.3, 0.4) is 0 Å². The van der Waals surface area contributed by atoms with Crippen LogP contribution in [0, 0.1) is 0 Å². The highest BCUT2D eigenvalue weighted by atomic mass is 35.5. The fraction of sp³-hybridized carbons (Fsp3) is 0.556. The van der Waals surface area contributed by atoms with E-state index in [0.29, 0.717) is 11.1 Å². The average molecular weight is 249 g/mol. The molecule has 2 heterocycles. The summed E-state index contributed by atoms with van der Waals surface area (Å²) in [6, 6.07) is 0.489. The molecule has 0 aromatic carbocycles. The lowest BCUT2D eigenvalue weighted by Crippen LogP contribution is -2.49. The average Bonchev–Trinajstić information content (AvgIpc) is 2.19. The molecule has 1 atom stereocenters. The summed E-state index contributed by atoms with van der Waals surface area (Å²) in [6.07, 6.45) is 3.27. The van der Waals surface area contributed by atoms with Gasteiger partial charge in [0.05, 0.1) is 17.4 Å². The molecule has 1 fully saturated rings. The number of halogens is 2. The van der Waals surface area contributed by atoms with E-state index >= 15 is 0 Å². The van der Waals surface area contributed by atoms with E-state index in [4.69, 9.17) is 11.6 Å². The highest BCUT2D eigenvalue weighted by Crippen LogP contribution is 2.11. The molecule has 0 aliphatic carbocycles. The van der Waals surface area contributed by atoms with Crippen molar-refractivity contribution in [2.24, 2.45) is 0 Å². The Hall–Kier alpha value is -0.580. The summed E-state index contributed by atoms with van der Waals surface area (Å²) in [5.41, 5.74) is 0. The Labute approximate surface area is 100 Å². The molecule has 0 bridgehead atoms. The van der Waals surface area contributed by atoms with Gasteiger partial charge in [-0.1, -0.05) is 11.6 Å². The summed E-state index contributed by atoms with van der Waals surface area (Å²) in [5, 5.41) is 3.95. The van der Waals surface area contributed by atoms with Crippen molar-refractivity contribution < 1.29 is 0 Å². The van der Waals surface area contributed by atoms with Gasteiger partial charge in [-0.15, -0.1) is 12.4 Å². The zero-order chi connectivity index (χ0) is 9.97. The van der Waals surface area contributed by atoms with Crippen molar-refractivity contribution in [1.82, 2.24) is 15.3 Å². The highest BCUT2D eigenvalue weighted by molar-refractivity contribution is 6.30. The predicted molar refractivity (Wildman–Crippen MR) is 64.0 cm³/mol. The predicted octanol–water partition coefficient (Wildman–Crippen LogP) is 1.35. The number of nitrogens with zero attached hydrogens (tertiary/aromatic N) is 3. The zero-order valence-corrected chi connectivity index (χ0v) is 10.1. The van der Waals surface area contributed by atoms with Crippen LogP contribution < -0.4 is 10.2 Å². The third kappa shape index (κ3) is 3.19. The molecule has 15 heavy (non-hydrogen) atoms. The van der Waals surface area contributed by atoms with E-state index in [1.54, 1.807) is 12.4 Å². The van der Waals surface area contributed by atoms with Crippen LogP contribution in [0.1, 0.15) is 6.92 Å². The largest absolute Gasteiger partial charge is 0.338 e. The van der Waals surface area contributed by atoms with Gasteiger partial charge in [-0.3, -0.25) is 0 Å². The lowest BCUT2D eigenvalue weighted by atomic mass is 10.2. The number of rotatable bonds is 1. The van der Waals surface area contributed by atoms with Gasteiger partial charge in [0, 0.05) is 25.7 Å². The molecular formula is C9H14Cl2N4. The fourth-order valence-corrected chi connectivity index (χ4v) is 1.68. The molecule has 0 spiro atoms. The molecule has 2 rings (SSSR count). The number of nitrogens with one attached hydrogen (secondary N) is 1. The van der Waals surface area contributed by atoms with Crippen LogP contribution in [-0.4, -0.2) is 35.6 Å². The van der Waals surface area contributed by atoms with E-state index in [1.165, 1.54) is 0 Å². The van der Waals surface area contributed by atoms with Gasteiger partial charge in [0.1, 0.15) is 0 Å². The Morgan fingerprint density at radius 3 is 2.73 bits per heavy atom. The smallest absolute Gasteiger partial charge is 0.225 e. The molecule has 6 heteroatoms. The van der Waals surface area contributed by atoms with Crippen molar-refractivity contribution in [3.8, 4) is 0 Å². The first-order valence-electron chi connectivity index (χ1n) is 4.71. The molecule has 1 N–H and O–H groups in total. The van der Waals surface area contributed by atoms with Crippen molar-refractivity contribution in [1.29, 1.82) is 0 Å². The van der Waals surface area contributed by atoms with Crippen LogP contribution in [0.25, 0.3) is 0 Å². The molecule has 1 aliphatic heterocycles. The Bertz CT molecular complexity index is 303. The molecule has 0 radical (unpaired) electrons. The molecule has 1 aliphatic rings. The summed E-state index contributed by atoms with van der Waals surface area (Å²) < 4.78 is 0. The van der Waals surface area contributed by atoms with E-state index in [9.17, 15) is 0 Å². The maximum absolute atomic E-state index is 5.72. The van der Waals surface area contributed by atoms with E-state index in [2.05, 4.69) is 27.1 Å². The van der Waals surface area contributed by atoms with Crippen LogP contribution in [-0.2, 0) is 0 Å². The highest BCUT2D eigenvalue weighted by Gasteiger charge is 2.17. The lowest BCUT2D eigenvalue weighted by molar-refractivity contribution is 0.479. The van der Waals surface area contributed by atoms with Crippen molar-refractivity contribution in [2.75, 3.05) is 24.5 Å². The van der Waals surface area contributed by atoms with Gasteiger partial charge in [-0.2, -0.15) is 0 Å². The van der Waals surface area contributed by atoms with Gasteiger partial charge in [-0.25, -0.2) is 9.97 Å². The van der Waals surface area contributed by atoms with Gasteiger partial charge >= 0.3 is 0 Å². The monoisotopic (exact) mass is 248 g/mol. The third-order valence-corrected chi connectivity index (χ3v) is 2.45. The van der Waals surface area contributed by atoms with E-state index in [0.717, 1.165) is 25.6 Å². The molecule has 4 nitrogen and oxygen atoms in total. The van der Waals surface area contributed by atoms with E-state index < -0.39 is 0 Å². The van der Waals surface area contributed by atoms with Crippen molar-refractivity contribution in [3.05, 3.63) is 17.4 Å². The maximum atomic E-state index is 5.72. The minimum atomic E-state index is 0.